The van der Waals surface area contributed by atoms with Crippen molar-refractivity contribution in [3.8, 4) is 23.0 Å². The van der Waals surface area contributed by atoms with E-state index in [1.165, 1.54) is 19.3 Å². The van der Waals surface area contributed by atoms with Crippen LogP contribution in [0.15, 0.2) is 12.1 Å². The van der Waals surface area contributed by atoms with Crippen LogP contribution < -0.4 is 9.47 Å². The van der Waals surface area contributed by atoms with E-state index in [2.05, 4.69) is 57.1 Å². The van der Waals surface area contributed by atoms with Gasteiger partial charge in [0, 0.05) is 18.4 Å². The minimum absolute atomic E-state index is 0.0113. The van der Waals surface area contributed by atoms with Gasteiger partial charge in [0.25, 0.3) is 0 Å². The monoisotopic (exact) mass is 444 g/mol. The molecule has 0 bridgehead atoms. The highest BCUT2D eigenvalue weighted by Crippen LogP contribution is 2.48. The zero-order valence-electron chi connectivity index (χ0n) is 20.7. The molecule has 3 rings (SSSR count). The molecule has 1 spiro atoms. The van der Waals surface area contributed by atoms with Crippen LogP contribution >= 0.6 is 0 Å². The van der Waals surface area contributed by atoms with E-state index in [1.807, 2.05) is 6.92 Å². The van der Waals surface area contributed by atoms with Gasteiger partial charge in [0.05, 0.1) is 31.8 Å². The van der Waals surface area contributed by atoms with Gasteiger partial charge in [0.1, 0.15) is 19.6 Å². The summed E-state index contributed by atoms with van der Waals surface area (Å²) in [6.45, 7) is 13.2. The molecule has 0 radical (unpaired) electrons. The Kier molecular flexibility index (Phi) is 7.15. The molecular formula is C26H40O4Si. The number of hydrogen-bond donors (Lipinski definition) is 0. The Balaban J connectivity index is 1.98. The lowest BCUT2D eigenvalue weighted by Gasteiger charge is -2.32. The van der Waals surface area contributed by atoms with Crippen molar-refractivity contribution in [2.45, 2.75) is 102 Å². The van der Waals surface area contributed by atoms with E-state index in [4.69, 9.17) is 18.9 Å². The highest BCUT2D eigenvalue weighted by molar-refractivity contribution is 6.83. The molecule has 1 aromatic rings. The van der Waals surface area contributed by atoms with Crippen molar-refractivity contribution < 1.29 is 18.9 Å². The Morgan fingerprint density at radius 1 is 1.06 bits per heavy atom. The molecule has 31 heavy (non-hydrogen) atoms. The summed E-state index contributed by atoms with van der Waals surface area (Å²) in [6, 6.07) is 4.15. The molecule has 0 N–H and O–H groups in total. The second-order valence-corrected chi connectivity index (χ2v) is 15.4. The van der Waals surface area contributed by atoms with E-state index in [0.29, 0.717) is 0 Å². The topological polar surface area (TPSA) is 36.9 Å². The van der Waals surface area contributed by atoms with Gasteiger partial charge in [0.15, 0.2) is 5.79 Å². The van der Waals surface area contributed by atoms with Gasteiger partial charge >= 0.3 is 0 Å². The van der Waals surface area contributed by atoms with E-state index in [0.717, 1.165) is 41.9 Å². The van der Waals surface area contributed by atoms with Crippen LogP contribution in [-0.2, 0) is 9.47 Å². The summed E-state index contributed by atoms with van der Waals surface area (Å²) in [5.74, 6) is 4.91. The number of methoxy groups -OCH3 is 2. The van der Waals surface area contributed by atoms with E-state index in [-0.39, 0.29) is 17.6 Å². The molecule has 1 heterocycles. The standard InChI is InChI=1S/C26H40O4Si/c1-19-16-23(28-5)21(18-22(19)27-4)20(12-15-31(6,7)8)17-24-25(2,3)30-26(29-24)13-10-9-11-14-26/h16,18,20,24H,9-11,13-14,17H2,1-8H3/t20-,24+/m0/s1. The van der Waals surface area contributed by atoms with E-state index in [1.54, 1.807) is 14.2 Å². The summed E-state index contributed by atoms with van der Waals surface area (Å²) >= 11 is 0. The Bertz CT molecular complexity index is 837. The normalized spacial score (nSPS) is 23.2. The van der Waals surface area contributed by atoms with Gasteiger partial charge in [-0.15, -0.1) is 11.5 Å². The highest BCUT2D eigenvalue weighted by Gasteiger charge is 2.52. The van der Waals surface area contributed by atoms with Crippen molar-refractivity contribution in [2.75, 3.05) is 14.2 Å². The molecule has 0 unspecified atom stereocenters. The fraction of sp³-hybridized carbons (Fsp3) is 0.692. The van der Waals surface area contributed by atoms with E-state index in [9.17, 15) is 0 Å². The fourth-order valence-corrected chi connectivity index (χ4v) is 5.35. The maximum atomic E-state index is 6.69. The van der Waals surface area contributed by atoms with Gasteiger partial charge in [-0.25, -0.2) is 0 Å². The summed E-state index contributed by atoms with van der Waals surface area (Å²) in [4.78, 5) is 0. The van der Waals surface area contributed by atoms with Crippen LogP contribution in [0.1, 0.15) is 69.4 Å². The van der Waals surface area contributed by atoms with E-state index < -0.39 is 13.9 Å². The zero-order chi connectivity index (χ0) is 22.9. The van der Waals surface area contributed by atoms with Crippen molar-refractivity contribution in [3.05, 3.63) is 23.3 Å². The molecule has 0 aromatic heterocycles. The SMILES string of the molecule is COc1cc([C@@H](C#C[Si](C)(C)C)C[C@H]2OC3(CCCCC3)OC2(C)C)c(OC)cc1C. The van der Waals surface area contributed by atoms with Crippen LogP contribution in [0.5, 0.6) is 11.5 Å². The number of rotatable bonds is 5. The number of ether oxygens (including phenoxy) is 4. The summed E-state index contributed by atoms with van der Waals surface area (Å²) < 4.78 is 24.7. The maximum absolute atomic E-state index is 6.69. The van der Waals surface area contributed by atoms with Gasteiger partial charge in [-0.3, -0.25) is 0 Å². The molecule has 172 valence electrons. The predicted octanol–water partition coefficient (Wildman–Crippen LogP) is 6.22. The molecule has 0 amide bonds. The predicted molar refractivity (Wildman–Crippen MR) is 129 cm³/mol. The Morgan fingerprint density at radius 2 is 1.71 bits per heavy atom. The smallest absolute Gasteiger partial charge is 0.169 e. The van der Waals surface area contributed by atoms with Gasteiger partial charge in [-0.05, 0) is 57.7 Å². The van der Waals surface area contributed by atoms with Crippen LogP contribution in [0.25, 0.3) is 0 Å². The highest BCUT2D eigenvalue weighted by atomic mass is 28.3. The summed E-state index contributed by atoms with van der Waals surface area (Å²) in [7, 11) is 1.89. The summed E-state index contributed by atoms with van der Waals surface area (Å²) in [5, 5.41) is 0. The van der Waals surface area contributed by atoms with Crippen LogP contribution in [0.4, 0.5) is 0 Å². The molecule has 2 fully saturated rings. The van der Waals surface area contributed by atoms with Crippen LogP contribution in [0, 0.1) is 18.4 Å². The molecule has 2 aliphatic rings. The number of hydrogen-bond acceptors (Lipinski definition) is 4. The average Bonchev–Trinajstić information content (AvgIpc) is 2.93. The maximum Gasteiger partial charge on any atom is 0.169 e. The molecule has 4 nitrogen and oxygen atoms in total. The first kappa shape index (κ1) is 24.2. The van der Waals surface area contributed by atoms with Crippen LogP contribution in [0.3, 0.4) is 0 Å². The van der Waals surface area contributed by atoms with Gasteiger partial charge in [-0.2, -0.15) is 0 Å². The molecule has 1 saturated heterocycles. The van der Waals surface area contributed by atoms with Gasteiger partial charge in [-0.1, -0.05) is 26.1 Å². The van der Waals surface area contributed by atoms with Crippen molar-refractivity contribution >= 4 is 8.07 Å². The molecule has 2 atom stereocenters. The average molecular weight is 445 g/mol. The van der Waals surface area contributed by atoms with Crippen molar-refractivity contribution in [3.63, 3.8) is 0 Å². The third-order valence-corrected chi connectivity index (χ3v) is 7.28. The molecule has 5 heteroatoms. The zero-order valence-corrected chi connectivity index (χ0v) is 21.7. The van der Waals surface area contributed by atoms with Crippen LogP contribution in [0.2, 0.25) is 19.6 Å². The Morgan fingerprint density at radius 3 is 2.29 bits per heavy atom. The first-order valence-corrected chi connectivity index (χ1v) is 15.1. The van der Waals surface area contributed by atoms with Crippen molar-refractivity contribution in [1.82, 2.24) is 0 Å². The quantitative estimate of drug-likeness (QED) is 0.399. The second-order valence-electron chi connectivity index (χ2n) is 10.7. The number of aryl methyl sites for hydroxylation is 1. The Labute approximate surface area is 190 Å². The largest absolute Gasteiger partial charge is 0.496 e. The van der Waals surface area contributed by atoms with Gasteiger partial charge < -0.3 is 18.9 Å². The van der Waals surface area contributed by atoms with Crippen LogP contribution in [-0.4, -0.2) is 39.8 Å². The third-order valence-electron chi connectivity index (χ3n) is 6.39. The lowest BCUT2D eigenvalue weighted by atomic mass is 9.87. The van der Waals surface area contributed by atoms with Gasteiger partial charge in [0.2, 0.25) is 0 Å². The lowest BCUT2D eigenvalue weighted by molar-refractivity contribution is -0.203. The van der Waals surface area contributed by atoms with Crippen molar-refractivity contribution in [1.29, 1.82) is 0 Å². The molecule has 1 aromatic carbocycles. The molecule has 1 aliphatic carbocycles. The lowest BCUT2D eigenvalue weighted by Crippen LogP contribution is -2.36. The number of benzene rings is 1. The minimum atomic E-state index is -1.55. The van der Waals surface area contributed by atoms with E-state index >= 15 is 0 Å². The summed E-state index contributed by atoms with van der Waals surface area (Å²) in [6.07, 6.45) is 6.33. The molecular weight excluding hydrogens is 404 g/mol. The first-order valence-electron chi connectivity index (χ1n) is 11.6. The molecule has 1 saturated carbocycles. The first-order chi connectivity index (χ1) is 14.5. The van der Waals surface area contributed by atoms with Crippen molar-refractivity contribution in [2.24, 2.45) is 0 Å². The fourth-order valence-electron chi connectivity index (χ4n) is 4.74. The Hall–Kier alpha value is -1.48. The minimum Gasteiger partial charge on any atom is -0.496 e. The summed E-state index contributed by atoms with van der Waals surface area (Å²) in [5.41, 5.74) is 5.37. The third kappa shape index (κ3) is 5.66. The second kappa shape index (κ2) is 9.17. The molecule has 1 aliphatic heterocycles.